The molecule has 0 aliphatic heterocycles. The van der Waals surface area contributed by atoms with E-state index in [0.29, 0.717) is 16.8 Å². The molecule has 9 heteroatoms. The summed E-state index contributed by atoms with van der Waals surface area (Å²) in [7, 11) is -3.61. The molecule has 0 radical (unpaired) electrons. The van der Waals surface area contributed by atoms with Crippen molar-refractivity contribution in [3.63, 3.8) is 0 Å². The molecule has 1 amide bonds. The summed E-state index contributed by atoms with van der Waals surface area (Å²) >= 11 is 12.2. The van der Waals surface area contributed by atoms with Gasteiger partial charge in [-0.25, -0.2) is 13.8 Å². The predicted molar refractivity (Wildman–Crippen MR) is 115 cm³/mol. The molecule has 0 aromatic heterocycles. The average Bonchev–Trinajstić information content (AvgIpc) is 2.66. The fraction of sp³-hybridized carbons (Fsp3) is 0.263. The molecule has 150 valence electrons. The quantitative estimate of drug-likeness (QED) is 0.508. The molecule has 0 spiro atoms. The van der Waals surface area contributed by atoms with Crippen molar-refractivity contribution < 1.29 is 13.2 Å². The third-order valence-electron chi connectivity index (χ3n) is 4.00. The standard InChI is InChI=1S/C19H21Cl2N3O3S/c1-4-13(2)22-23-19(25)15-10-8-14(9-11-15)12-24(28(3,26)27)17-7-5-6-16(20)18(17)21/h5-11H,4,12H2,1-3H3,(H,23,25)/b22-13-. The van der Waals surface area contributed by atoms with E-state index in [1.165, 1.54) is 4.31 Å². The summed E-state index contributed by atoms with van der Waals surface area (Å²) < 4.78 is 25.8. The Morgan fingerprint density at radius 3 is 2.36 bits per heavy atom. The van der Waals surface area contributed by atoms with E-state index in [9.17, 15) is 13.2 Å². The van der Waals surface area contributed by atoms with Crippen LogP contribution in [0.2, 0.25) is 10.0 Å². The normalized spacial score (nSPS) is 12.0. The molecule has 0 bridgehead atoms. The van der Waals surface area contributed by atoms with Crippen LogP contribution in [0.1, 0.15) is 36.2 Å². The summed E-state index contributed by atoms with van der Waals surface area (Å²) in [5.74, 6) is -0.336. The Labute approximate surface area is 175 Å². The number of sulfonamides is 1. The van der Waals surface area contributed by atoms with Gasteiger partial charge in [0.1, 0.15) is 0 Å². The van der Waals surface area contributed by atoms with Gasteiger partial charge in [0.2, 0.25) is 10.0 Å². The number of benzene rings is 2. The van der Waals surface area contributed by atoms with E-state index in [-0.39, 0.29) is 22.5 Å². The lowest BCUT2D eigenvalue weighted by Crippen LogP contribution is -2.29. The molecule has 0 saturated heterocycles. The molecule has 0 fully saturated rings. The van der Waals surface area contributed by atoms with Crippen LogP contribution in [0.25, 0.3) is 0 Å². The minimum absolute atomic E-state index is 0.0495. The van der Waals surface area contributed by atoms with Gasteiger partial charge in [-0.05, 0) is 43.2 Å². The van der Waals surface area contributed by atoms with Crippen LogP contribution in [0, 0.1) is 0 Å². The highest BCUT2D eigenvalue weighted by Crippen LogP contribution is 2.34. The van der Waals surface area contributed by atoms with E-state index >= 15 is 0 Å². The van der Waals surface area contributed by atoms with Gasteiger partial charge in [-0.2, -0.15) is 5.10 Å². The SMILES string of the molecule is CC/C(C)=N\NC(=O)c1ccc(CN(c2cccc(Cl)c2Cl)S(C)(=O)=O)cc1. The second-order valence-corrected chi connectivity index (χ2v) is 8.87. The smallest absolute Gasteiger partial charge is 0.267 e. The number of amides is 1. The average molecular weight is 442 g/mol. The van der Waals surface area contributed by atoms with Gasteiger partial charge in [0, 0.05) is 11.3 Å². The van der Waals surface area contributed by atoms with Crippen molar-refractivity contribution in [1.29, 1.82) is 0 Å². The van der Waals surface area contributed by atoms with Gasteiger partial charge in [0.05, 0.1) is 28.5 Å². The van der Waals surface area contributed by atoms with Gasteiger partial charge in [-0.15, -0.1) is 0 Å². The van der Waals surface area contributed by atoms with E-state index < -0.39 is 10.0 Å². The summed E-state index contributed by atoms with van der Waals surface area (Å²) in [5, 5.41) is 4.41. The van der Waals surface area contributed by atoms with Crippen molar-refractivity contribution >= 4 is 50.5 Å². The molecule has 0 atom stereocenters. The number of anilines is 1. The van der Waals surface area contributed by atoms with Crippen LogP contribution >= 0.6 is 23.2 Å². The minimum atomic E-state index is -3.61. The number of hydrazone groups is 1. The van der Waals surface area contributed by atoms with E-state index in [1.54, 1.807) is 42.5 Å². The maximum Gasteiger partial charge on any atom is 0.271 e. The number of nitrogens with zero attached hydrogens (tertiary/aromatic N) is 2. The van der Waals surface area contributed by atoms with Crippen LogP contribution in [0.3, 0.4) is 0 Å². The van der Waals surface area contributed by atoms with E-state index in [1.807, 2.05) is 13.8 Å². The highest BCUT2D eigenvalue weighted by molar-refractivity contribution is 7.92. The molecular formula is C19H21Cl2N3O3S. The molecule has 2 aromatic rings. The molecule has 2 aromatic carbocycles. The molecule has 0 aliphatic rings. The van der Waals surface area contributed by atoms with Crippen molar-refractivity contribution in [1.82, 2.24) is 5.43 Å². The summed E-state index contributed by atoms with van der Waals surface area (Å²) in [5.41, 5.74) is 4.70. The molecular weight excluding hydrogens is 421 g/mol. The van der Waals surface area contributed by atoms with Crippen molar-refractivity contribution in [3.8, 4) is 0 Å². The molecule has 0 unspecified atom stereocenters. The zero-order valence-electron chi connectivity index (χ0n) is 15.7. The van der Waals surface area contributed by atoms with Crippen LogP contribution in [-0.4, -0.2) is 26.3 Å². The Morgan fingerprint density at radius 1 is 1.14 bits per heavy atom. The number of hydrogen-bond donors (Lipinski definition) is 1. The summed E-state index contributed by atoms with van der Waals surface area (Å²) in [4.78, 5) is 12.1. The van der Waals surface area contributed by atoms with Crippen molar-refractivity contribution in [2.45, 2.75) is 26.8 Å². The Kier molecular flexibility index (Phi) is 7.46. The summed E-state index contributed by atoms with van der Waals surface area (Å²) in [6.45, 7) is 3.82. The number of carbonyl (C=O) groups excluding carboxylic acids is 1. The van der Waals surface area contributed by atoms with Crippen molar-refractivity contribution in [2.75, 3.05) is 10.6 Å². The Morgan fingerprint density at radius 2 is 1.79 bits per heavy atom. The van der Waals surface area contributed by atoms with E-state index in [2.05, 4.69) is 10.5 Å². The Balaban J connectivity index is 2.24. The molecule has 2 rings (SSSR count). The first-order valence-electron chi connectivity index (χ1n) is 8.47. The molecule has 1 N–H and O–H groups in total. The molecule has 6 nitrogen and oxygen atoms in total. The first-order valence-corrected chi connectivity index (χ1v) is 11.1. The van der Waals surface area contributed by atoms with Gasteiger partial charge in [-0.3, -0.25) is 9.10 Å². The maximum absolute atomic E-state index is 12.3. The largest absolute Gasteiger partial charge is 0.271 e. The molecule has 0 aliphatic carbocycles. The monoisotopic (exact) mass is 441 g/mol. The zero-order chi connectivity index (χ0) is 20.9. The van der Waals surface area contributed by atoms with Crippen molar-refractivity contribution in [2.24, 2.45) is 5.10 Å². The van der Waals surface area contributed by atoms with Gasteiger partial charge in [0.15, 0.2) is 0 Å². The van der Waals surface area contributed by atoms with Crippen LogP contribution in [0.5, 0.6) is 0 Å². The number of nitrogens with one attached hydrogen (secondary N) is 1. The van der Waals surface area contributed by atoms with Crippen LogP contribution in [0.15, 0.2) is 47.6 Å². The summed E-state index contributed by atoms with van der Waals surface area (Å²) in [6, 6.07) is 11.4. The van der Waals surface area contributed by atoms with Crippen LogP contribution < -0.4 is 9.73 Å². The Hall–Kier alpha value is -2.09. The molecule has 0 saturated carbocycles. The third kappa shape index (κ3) is 5.70. The topological polar surface area (TPSA) is 78.8 Å². The van der Waals surface area contributed by atoms with Gasteiger partial charge in [0.25, 0.3) is 5.91 Å². The first-order chi connectivity index (χ1) is 13.1. The van der Waals surface area contributed by atoms with Crippen LogP contribution in [-0.2, 0) is 16.6 Å². The van der Waals surface area contributed by atoms with E-state index in [0.717, 1.165) is 18.4 Å². The highest BCUT2D eigenvalue weighted by atomic mass is 35.5. The lowest BCUT2D eigenvalue weighted by molar-refractivity contribution is 0.0954. The minimum Gasteiger partial charge on any atom is -0.267 e. The molecule has 28 heavy (non-hydrogen) atoms. The first kappa shape index (κ1) is 22.2. The predicted octanol–water partition coefficient (Wildman–Crippen LogP) is 4.48. The molecule has 0 heterocycles. The van der Waals surface area contributed by atoms with Gasteiger partial charge < -0.3 is 0 Å². The third-order valence-corrected chi connectivity index (χ3v) is 5.94. The van der Waals surface area contributed by atoms with Gasteiger partial charge >= 0.3 is 0 Å². The number of rotatable bonds is 7. The lowest BCUT2D eigenvalue weighted by atomic mass is 10.1. The summed E-state index contributed by atoms with van der Waals surface area (Å²) in [6.07, 6.45) is 1.84. The van der Waals surface area contributed by atoms with Crippen molar-refractivity contribution in [3.05, 3.63) is 63.6 Å². The number of halogens is 2. The van der Waals surface area contributed by atoms with Crippen LogP contribution in [0.4, 0.5) is 5.69 Å². The second-order valence-electron chi connectivity index (χ2n) is 6.18. The number of carbonyl (C=O) groups is 1. The maximum atomic E-state index is 12.3. The highest BCUT2D eigenvalue weighted by Gasteiger charge is 2.21. The van der Waals surface area contributed by atoms with Gasteiger partial charge in [-0.1, -0.05) is 48.3 Å². The van der Waals surface area contributed by atoms with E-state index in [4.69, 9.17) is 23.2 Å². The Bertz CT molecular complexity index is 990. The lowest BCUT2D eigenvalue weighted by Gasteiger charge is -2.24. The zero-order valence-corrected chi connectivity index (χ0v) is 18.1. The second kappa shape index (κ2) is 9.41. The fourth-order valence-electron chi connectivity index (χ4n) is 2.28. The fourth-order valence-corrected chi connectivity index (χ4v) is 3.62. The number of hydrogen-bond acceptors (Lipinski definition) is 4.